The van der Waals surface area contributed by atoms with Crippen molar-refractivity contribution in [1.82, 2.24) is 4.98 Å². The molecule has 2 N–H and O–H groups in total. The topological polar surface area (TPSA) is 53.1 Å². The highest BCUT2D eigenvalue weighted by Crippen LogP contribution is 1.87. The molecule has 0 bridgehead atoms. The van der Waals surface area contributed by atoms with Gasteiger partial charge in [-0.15, -0.1) is 0 Å². The maximum absolute atomic E-state index is 11.0. The molecule has 0 aromatic carbocycles. The van der Waals surface area contributed by atoms with Gasteiger partial charge in [0.1, 0.15) is 5.76 Å². The number of H-pyrrole nitrogens is 1. The van der Waals surface area contributed by atoms with Gasteiger partial charge in [-0.1, -0.05) is 12.7 Å². The summed E-state index contributed by atoms with van der Waals surface area (Å²) in [5.41, 5.74) is 0.679. The van der Waals surface area contributed by atoms with Gasteiger partial charge in [0.05, 0.1) is 5.35 Å². The Labute approximate surface area is 81.7 Å². The molecule has 3 heteroatoms. The molecule has 1 rings (SSSR count). The number of aliphatic hydroxyl groups is 1. The lowest BCUT2D eigenvalue weighted by Crippen LogP contribution is -2.36. The molecule has 0 spiro atoms. The van der Waals surface area contributed by atoms with Gasteiger partial charge in [0, 0.05) is 11.3 Å². The van der Waals surface area contributed by atoms with E-state index in [-0.39, 0.29) is 11.3 Å². The maximum Gasteiger partial charge on any atom is 0.248 e. The second kappa shape index (κ2) is 3.96. The van der Waals surface area contributed by atoms with Crippen molar-refractivity contribution in [2.45, 2.75) is 13.8 Å². The largest absolute Gasteiger partial charge is 0.510 e. The summed E-state index contributed by atoms with van der Waals surface area (Å²) >= 11 is 0. The van der Waals surface area contributed by atoms with Crippen LogP contribution < -0.4 is 16.1 Å². The molecule has 1 aromatic heterocycles. The first-order valence-corrected chi connectivity index (χ1v) is 4.29. The Morgan fingerprint density at radius 3 is 2.64 bits per heavy atom. The number of hydrogen-bond acceptors (Lipinski definition) is 2. The van der Waals surface area contributed by atoms with Crippen LogP contribution in [0.1, 0.15) is 13.8 Å². The van der Waals surface area contributed by atoms with Crippen LogP contribution in [0.3, 0.4) is 0 Å². The lowest BCUT2D eigenvalue weighted by Gasteiger charge is -1.95. The number of aromatic amines is 1. The molecule has 0 atom stereocenters. The second-order valence-electron chi connectivity index (χ2n) is 3.08. The highest BCUT2D eigenvalue weighted by Gasteiger charge is 1.94. The van der Waals surface area contributed by atoms with Gasteiger partial charge >= 0.3 is 0 Å². The summed E-state index contributed by atoms with van der Waals surface area (Å²) < 4.78 is 0. The van der Waals surface area contributed by atoms with Crippen LogP contribution in [0.2, 0.25) is 0 Å². The predicted molar refractivity (Wildman–Crippen MR) is 57.3 cm³/mol. The third-order valence-electron chi connectivity index (χ3n) is 2.01. The molecule has 0 unspecified atom stereocenters. The standard InChI is InChI=1S/C11H13NO2/c1-4-7(2)9-5-6-10(14)12-11(9)8(3)13/h4-6,13H,1H2,2-3H3,(H,12,14)/b9-7-,11-8-. The summed E-state index contributed by atoms with van der Waals surface area (Å²) in [6.45, 7) is 7.04. The SMILES string of the molecule is C=C/C(C)=c1/ccc(=O)[nH]/c1=C(/C)O. The zero-order valence-electron chi connectivity index (χ0n) is 8.29. The summed E-state index contributed by atoms with van der Waals surface area (Å²) in [6.07, 6.45) is 1.68. The van der Waals surface area contributed by atoms with E-state index in [4.69, 9.17) is 0 Å². The maximum atomic E-state index is 11.0. The number of nitrogens with one attached hydrogen (secondary N) is 1. The fourth-order valence-corrected chi connectivity index (χ4v) is 1.20. The zero-order valence-corrected chi connectivity index (χ0v) is 8.29. The first kappa shape index (κ1) is 10.3. The molecule has 14 heavy (non-hydrogen) atoms. The molecule has 3 nitrogen and oxygen atoms in total. The number of pyridine rings is 1. The minimum absolute atomic E-state index is 0.0962. The van der Waals surface area contributed by atoms with Gasteiger partial charge in [0.25, 0.3) is 0 Å². The van der Waals surface area contributed by atoms with Crippen LogP contribution >= 0.6 is 0 Å². The van der Waals surface area contributed by atoms with E-state index in [1.54, 1.807) is 12.1 Å². The third kappa shape index (κ3) is 1.93. The van der Waals surface area contributed by atoms with Crippen LogP contribution in [0.5, 0.6) is 0 Å². The van der Waals surface area contributed by atoms with Crippen molar-refractivity contribution in [3.63, 3.8) is 0 Å². The Morgan fingerprint density at radius 1 is 1.50 bits per heavy atom. The molecule has 0 aliphatic rings. The predicted octanol–water partition coefficient (Wildman–Crippen LogP) is 0.418. The second-order valence-corrected chi connectivity index (χ2v) is 3.08. The van der Waals surface area contributed by atoms with E-state index in [9.17, 15) is 9.90 Å². The van der Waals surface area contributed by atoms with E-state index < -0.39 is 0 Å². The van der Waals surface area contributed by atoms with Gasteiger partial charge in [0.15, 0.2) is 0 Å². The third-order valence-corrected chi connectivity index (χ3v) is 2.01. The van der Waals surface area contributed by atoms with Crippen molar-refractivity contribution < 1.29 is 5.11 Å². The number of aromatic nitrogens is 1. The molecule has 0 aliphatic carbocycles. The molecular formula is C11H13NO2. The number of hydrogen-bond donors (Lipinski definition) is 2. The minimum atomic E-state index is -0.228. The van der Waals surface area contributed by atoms with Gasteiger partial charge in [-0.05, 0) is 25.5 Å². The molecule has 0 saturated heterocycles. The van der Waals surface area contributed by atoms with Gasteiger partial charge in [-0.25, -0.2) is 0 Å². The van der Waals surface area contributed by atoms with Crippen LogP contribution in [0.25, 0.3) is 11.3 Å². The van der Waals surface area contributed by atoms with Crippen LogP contribution in [0, 0.1) is 0 Å². The van der Waals surface area contributed by atoms with E-state index in [1.165, 1.54) is 13.0 Å². The quantitative estimate of drug-likeness (QED) is 0.676. The van der Waals surface area contributed by atoms with Crippen molar-refractivity contribution in [2.24, 2.45) is 0 Å². The van der Waals surface area contributed by atoms with Gasteiger partial charge < -0.3 is 10.1 Å². The lowest BCUT2D eigenvalue weighted by atomic mass is 10.2. The molecule has 74 valence electrons. The fraction of sp³-hybridized carbons (Fsp3) is 0.182. The van der Waals surface area contributed by atoms with Crippen molar-refractivity contribution in [1.29, 1.82) is 0 Å². The molecule has 0 amide bonds. The molecule has 1 heterocycles. The van der Waals surface area contributed by atoms with E-state index in [1.807, 2.05) is 6.92 Å². The summed E-state index contributed by atoms with van der Waals surface area (Å²) in [5, 5.41) is 10.6. The molecule has 1 aromatic rings. The first-order chi connectivity index (χ1) is 6.56. The van der Waals surface area contributed by atoms with Crippen molar-refractivity contribution in [2.75, 3.05) is 0 Å². The molecule has 0 fully saturated rings. The number of aliphatic hydroxyl groups excluding tert-OH is 1. The summed E-state index contributed by atoms with van der Waals surface area (Å²) in [4.78, 5) is 13.6. The highest BCUT2D eigenvalue weighted by atomic mass is 16.3. The van der Waals surface area contributed by atoms with E-state index >= 15 is 0 Å². The molecule has 0 aliphatic heterocycles. The molecule has 0 radical (unpaired) electrons. The van der Waals surface area contributed by atoms with E-state index in [2.05, 4.69) is 11.6 Å². The summed E-state index contributed by atoms with van der Waals surface area (Å²) in [5.74, 6) is 0.0962. The van der Waals surface area contributed by atoms with Crippen molar-refractivity contribution >= 4 is 11.3 Å². The first-order valence-electron chi connectivity index (χ1n) is 4.29. The smallest absolute Gasteiger partial charge is 0.248 e. The van der Waals surface area contributed by atoms with Crippen molar-refractivity contribution in [3.8, 4) is 0 Å². The van der Waals surface area contributed by atoms with Crippen molar-refractivity contribution in [3.05, 3.63) is 45.7 Å². The summed E-state index contributed by atoms with van der Waals surface area (Å²) in [6, 6.07) is 3.10. The van der Waals surface area contributed by atoms with Crippen LogP contribution in [0.15, 0.2) is 29.6 Å². The Morgan fingerprint density at radius 2 is 2.14 bits per heavy atom. The number of rotatable bonds is 1. The zero-order chi connectivity index (χ0) is 10.7. The Bertz CT molecular complexity index is 519. The average molecular weight is 191 g/mol. The van der Waals surface area contributed by atoms with Gasteiger partial charge in [-0.2, -0.15) is 0 Å². The van der Waals surface area contributed by atoms with Gasteiger partial charge in [-0.3, -0.25) is 4.79 Å². The normalized spacial score (nSPS) is 14.7. The highest BCUT2D eigenvalue weighted by molar-refractivity contribution is 5.53. The van der Waals surface area contributed by atoms with Crippen LogP contribution in [0.4, 0.5) is 0 Å². The fourth-order valence-electron chi connectivity index (χ4n) is 1.20. The monoisotopic (exact) mass is 191 g/mol. The average Bonchev–Trinajstić information content (AvgIpc) is 2.16. The Kier molecular flexibility index (Phi) is 2.92. The number of allylic oxidation sites excluding steroid dienone is 1. The minimum Gasteiger partial charge on any atom is -0.510 e. The Balaban J connectivity index is 3.90. The van der Waals surface area contributed by atoms with Gasteiger partial charge in [0.2, 0.25) is 5.56 Å². The Hall–Kier alpha value is -1.77. The molecular weight excluding hydrogens is 178 g/mol. The van der Waals surface area contributed by atoms with Crippen LogP contribution in [-0.4, -0.2) is 10.1 Å². The lowest BCUT2D eigenvalue weighted by molar-refractivity contribution is 0.495. The molecule has 0 saturated carbocycles. The van der Waals surface area contributed by atoms with Crippen LogP contribution in [-0.2, 0) is 0 Å². The van der Waals surface area contributed by atoms with E-state index in [0.717, 1.165) is 10.8 Å². The van der Waals surface area contributed by atoms with E-state index in [0.29, 0.717) is 5.35 Å². The summed E-state index contributed by atoms with van der Waals surface area (Å²) in [7, 11) is 0.